The van der Waals surface area contributed by atoms with Gasteiger partial charge in [0.2, 0.25) is 5.78 Å². The van der Waals surface area contributed by atoms with Crippen LogP contribution < -0.4 is 18.9 Å². The average molecular weight is 302 g/mol. The fourth-order valence-electron chi connectivity index (χ4n) is 1.75. The lowest BCUT2D eigenvalue weighted by Crippen LogP contribution is -2.19. The molecule has 0 atom stereocenters. The van der Waals surface area contributed by atoms with E-state index in [9.17, 15) is 4.79 Å². The van der Waals surface area contributed by atoms with Gasteiger partial charge in [0.25, 0.3) is 0 Å². The van der Waals surface area contributed by atoms with Gasteiger partial charge in [-0.25, -0.2) is 0 Å². The molecule has 0 spiro atoms. The van der Waals surface area contributed by atoms with E-state index in [0.717, 1.165) is 0 Å². The average Bonchev–Trinajstić information content (AvgIpc) is 2.58. The fraction of sp³-hybridized carbons (Fsp3) is 0.235. The molecule has 0 saturated heterocycles. The van der Waals surface area contributed by atoms with E-state index in [1.54, 1.807) is 62.8 Å². The summed E-state index contributed by atoms with van der Waals surface area (Å²) in [6.45, 7) is -0.117. The van der Waals surface area contributed by atoms with Gasteiger partial charge in [-0.3, -0.25) is 4.79 Å². The first-order valence-electron chi connectivity index (χ1n) is 6.76. The SMILES string of the molecule is COc1cccc(OCC(=O)COc2cccc(OC)c2)c1. The summed E-state index contributed by atoms with van der Waals surface area (Å²) in [6.07, 6.45) is 0. The van der Waals surface area contributed by atoms with Crippen LogP contribution in [0.5, 0.6) is 23.0 Å². The van der Waals surface area contributed by atoms with Crippen molar-refractivity contribution in [1.29, 1.82) is 0 Å². The minimum atomic E-state index is -0.161. The van der Waals surface area contributed by atoms with Crippen LogP contribution in [0.2, 0.25) is 0 Å². The number of carbonyl (C=O) groups excluding carboxylic acids is 1. The van der Waals surface area contributed by atoms with Gasteiger partial charge >= 0.3 is 0 Å². The number of Topliss-reactive ketones (excluding diaryl/α,β-unsaturated/α-hetero) is 1. The first-order valence-corrected chi connectivity index (χ1v) is 6.76. The largest absolute Gasteiger partial charge is 0.497 e. The first kappa shape index (κ1) is 15.7. The van der Waals surface area contributed by atoms with Crippen LogP contribution in [-0.4, -0.2) is 33.2 Å². The molecule has 0 aromatic heterocycles. The van der Waals surface area contributed by atoms with Crippen LogP contribution >= 0.6 is 0 Å². The van der Waals surface area contributed by atoms with Crippen LogP contribution in [-0.2, 0) is 4.79 Å². The summed E-state index contributed by atoms with van der Waals surface area (Å²) < 4.78 is 21.0. The number of hydrogen-bond donors (Lipinski definition) is 0. The smallest absolute Gasteiger partial charge is 0.207 e. The maximum atomic E-state index is 11.8. The maximum absolute atomic E-state index is 11.8. The fourth-order valence-corrected chi connectivity index (χ4v) is 1.75. The third-order valence-electron chi connectivity index (χ3n) is 2.88. The molecule has 2 aromatic carbocycles. The van der Waals surface area contributed by atoms with Crippen molar-refractivity contribution in [2.24, 2.45) is 0 Å². The summed E-state index contributed by atoms with van der Waals surface area (Å²) in [5.41, 5.74) is 0. The first-order chi connectivity index (χ1) is 10.7. The topological polar surface area (TPSA) is 54.0 Å². The van der Waals surface area contributed by atoms with Crippen LogP contribution in [0.3, 0.4) is 0 Å². The van der Waals surface area contributed by atoms with Gasteiger partial charge in [0.1, 0.15) is 36.2 Å². The molecule has 116 valence electrons. The standard InChI is InChI=1S/C17H18O5/c1-19-14-5-3-7-16(9-14)21-11-13(18)12-22-17-8-4-6-15(10-17)20-2/h3-10H,11-12H2,1-2H3. The number of hydrogen-bond acceptors (Lipinski definition) is 5. The Hall–Kier alpha value is -2.69. The second-order valence-electron chi connectivity index (χ2n) is 4.47. The third-order valence-corrected chi connectivity index (χ3v) is 2.88. The molecule has 0 aliphatic heterocycles. The Balaban J connectivity index is 1.80. The van der Waals surface area contributed by atoms with Gasteiger partial charge in [0.15, 0.2) is 0 Å². The van der Waals surface area contributed by atoms with E-state index in [2.05, 4.69) is 0 Å². The molecule has 0 radical (unpaired) electrons. The van der Waals surface area contributed by atoms with E-state index >= 15 is 0 Å². The minimum Gasteiger partial charge on any atom is -0.497 e. The van der Waals surface area contributed by atoms with Crippen molar-refractivity contribution >= 4 is 5.78 Å². The maximum Gasteiger partial charge on any atom is 0.207 e. The Kier molecular flexibility index (Phi) is 5.65. The molecule has 0 N–H and O–H groups in total. The zero-order valence-electron chi connectivity index (χ0n) is 12.6. The Morgan fingerprint density at radius 3 is 1.59 bits per heavy atom. The highest BCUT2D eigenvalue weighted by Crippen LogP contribution is 2.20. The van der Waals surface area contributed by atoms with E-state index in [1.807, 2.05) is 0 Å². The molecule has 0 aliphatic carbocycles. The van der Waals surface area contributed by atoms with Gasteiger partial charge in [0.05, 0.1) is 14.2 Å². The molecule has 2 rings (SSSR count). The van der Waals surface area contributed by atoms with Crippen molar-refractivity contribution in [3.05, 3.63) is 48.5 Å². The summed E-state index contributed by atoms with van der Waals surface area (Å²) in [7, 11) is 3.15. The number of rotatable bonds is 8. The van der Waals surface area contributed by atoms with E-state index in [4.69, 9.17) is 18.9 Å². The molecule has 5 nitrogen and oxygen atoms in total. The van der Waals surface area contributed by atoms with Crippen LogP contribution in [0.1, 0.15) is 0 Å². The lowest BCUT2D eigenvalue weighted by Gasteiger charge is -2.09. The lowest BCUT2D eigenvalue weighted by atomic mass is 10.3. The molecular weight excluding hydrogens is 284 g/mol. The number of methoxy groups -OCH3 is 2. The number of ether oxygens (including phenoxy) is 4. The van der Waals surface area contributed by atoms with Crippen LogP contribution in [0.4, 0.5) is 0 Å². The highest BCUT2D eigenvalue weighted by atomic mass is 16.5. The van der Waals surface area contributed by atoms with Crippen LogP contribution in [0.25, 0.3) is 0 Å². The Morgan fingerprint density at radius 1 is 0.773 bits per heavy atom. The number of benzene rings is 2. The summed E-state index contributed by atoms with van der Waals surface area (Å²) >= 11 is 0. The third kappa shape index (κ3) is 4.70. The van der Waals surface area contributed by atoms with Crippen molar-refractivity contribution in [2.75, 3.05) is 27.4 Å². The number of ketones is 1. The zero-order valence-corrected chi connectivity index (χ0v) is 12.6. The van der Waals surface area contributed by atoms with Crippen LogP contribution in [0.15, 0.2) is 48.5 Å². The Labute approximate surface area is 129 Å². The van der Waals surface area contributed by atoms with E-state index in [-0.39, 0.29) is 19.0 Å². The molecule has 22 heavy (non-hydrogen) atoms. The van der Waals surface area contributed by atoms with E-state index in [1.165, 1.54) is 0 Å². The zero-order chi connectivity index (χ0) is 15.8. The molecular formula is C17H18O5. The second kappa shape index (κ2) is 7.93. The summed E-state index contributed by atoms with van der Waals surface area (Å²) in [4.78, 5) is 11.8. The van der Waals surface area contributed by atoms with Gasteiger partial charge in [0, 0.05) is 12.1 Å². The van der Waals surface area contributed by atoms with Crippen molar-refractivity contribution in [1.82, 2.24) is 0 Å². The van der Waals surface area contributed by atoms with Crippen molar-refractivity contribution < 1.29 is 23.7 Å². The van der Waals surface area contributed by atoms with Gasteiger partial charge < -0.3 is 18.9 Å². The normalized spacial score (nSPS) is 9.91. The summed E-state index contributed by atoms with van der Waals surface area (Å²) in [6, 6.07) is 14.2. The van der Waals surface area contributed by atoms with Gasteiger partial charge in [-0.1, -0.05) is 12.1 Å². The molecule has 0 amide bonds. The predicted molar refractivity (Wildman–Crippen MR) is 82.0 cm³/mol. The minimum absolute atomic E-state index is 0.0584. The molecule has 5 heteroatoms. The highest BCUT2D eigenvalue weighted by Gasteiger charge is 2.06. The van der Waals surface area contributed by atoms with Gasteiger partial charge in [-0.15, -0.1) is 0 Å². The second-order valence-corrected chi connectivity index (χ2v) is 4.47. The monoisotopic (exact) mass is 302 g/mol. The molecule has 2 aromatic rings. The van der Waals surface area contributed by atoms with Crippen molar-refractivity contribution in [3.63, 3.8) is 0 Å². The quantitative estimate of drug-likeness (QED) is 0.750. The summed E-state index contributed by atoms with van der Waals surface area (Å²) in [5.74, 6) is 2.35. The molecule has 0 aliphatic rings. The molecule has 0 saturated carbocycles. The van der Waals surface area contributed by atoms with Crippen LogP contribution in [0, 0.1) is 0 Å². The highest BCUT2D eigenvalue weighted by molar-refractivity contribution is 5.81. The predicted octanol–water partition coefficient (Wildman–Crippen LogP) is 2.73. The summed E-state index contributed by atoms with van der Waals surface area (Å²) in [5, 5.41) is 0. The number of carbonyl (C=O) groups is 1. The molecule has 0 heterocycles. The van der Waals surface area contributed by atoms with Gasteiger partial charge in [-0.2, -0.15) is 0 Å². The van der Waals surface area contributed by atoms with E-state index in [0.29, 0.717) is 23.0 Å². The molecule has 0 fully saturated rings. The van der Waals surface area contributed by atoms with Gasteiger partial charge in [-0.05, 0) is 24.3 Å². The Morgan fingerprint density at radius 2 is 1.18 bits per heavy atom. The van der Waals surface area contributed by atoms with E-state index < -0.39 is 0 Å². The molecule has 0 bridgehead atoms. The van der Waals surface area contributed by atoms with Crippen molar-refractivity contribution in [2.45, 2.75) is 0 Å². The molecule has 0 unspecified atom stereocenters. The lowest BCUT2D eigenvalue weighted by molar-refractivity contribution is -0.123. The van der Waals surface area contributed by atoms with Crippen molar-refractivity contribution in [3.8, 4) is 23.0 Å². The Bertz CT molecular complexity index is 570.